The van der Waals surface area contributed by atoms with Gasteiger partial charge in [-0.1, -0.05) is 23.7 Å². The first-order valence-corrected chi connectivity index (χ1v) is 5.93. The van der Waals surface area contributed by atoms with Crippen molar-refractivity contribution in [2.45, 2.75) is 6.54 Å². The van der Waals surface area contributed by atoms with Gasteiger partial charge in [0.2, 0.25) is 0 Å². The topological polar surface area (TPSA) is 29.1 Å². The van der Waals surface area contributed by atoms with E-state index in [2.05, 4.69) is 5.32 Å². The zero-order chi connectivity index (χ0) is 11.4. The molecule has 2 aromatic rings. The van der Waals surface area contributed by atoms with E-state index in [4.69, 9.17) is 11.6 Å². The lowest BCUT2D eigenvalue weighted by atomic mass is 10.2. The number of nitrogens with one attached hydrogen (secondary N) is 1. The van der Waals surface area contributed by atoms with E-state index in [0.717, 1.165) is 15.5 Å². The highest BCUT2D eigenvalue weighted by molar-refractivity contribution is 7.15. The molecule has 0 atom stereocenters. The van der Waals surface area contributed by atoms with Crippen LogP contribution in [0.25, 0.3) is 10.4 Å². The summed E-state index contributed by atoms with van der Waals surface area (Å²) in [5.74, 6) is 0. The Morgan fingerprint density at radius 1 is 1.19 bits per heavy atom. The van der Waals surface area contributed by atoms with Gasteiger partial charge in [-0.25, -0.2) is 0 Å². The minimum Gasteiger partial charge on any atom is -0.343 e. The Balaban J connectivity index is 2.17. The molecule has 0 spiro atoms. The van der Waals surface area contributed by atoms with E-state index in [-0.39, 0.29) is 0 Å². The highest BCUT2D eigenvalue weighted by Gasteiger charge is 2.02. The molecule has 1 amide bonds. The van der Waals surface area contributed by atoms with Crippen LogP contribution in [0.4, 0.5) is 0 Å². The maximum absolute atomic E-state index is 10.0. The summed E-state index contributed by atoms with van der Waals surface area (Å²) in [6, 6.07) is 11.7. The molecule has 0 fully saturated rings. The Kier molecular flexibility index (Phi) is 3.59. The Labute approximate surface area is 103 Å². The number of benzene rings is 1. The maximum Gasteiger partial charge on any atom is 0.309 e. The molecule has 81 valence electrons. The van der Waals surface area contributed by atoms with Crippen molar-refractivity contribution in [3.8, 4) is 10.4 Å². The second-order valence-corrected chi connectivity index (χ2v) is 4.83. The van der Waals surface area contributed by atoms with Gasteiger partial charge < -0.3 is 5.32 Å². The lowest BCUT2D eigenvalue weighted by Crippen LogP contribution is -2.07. The van der Waals surface area contributed by atoms with Crippen molar-refractivity contribution in [1.29, 1.82) is 0 Å². The molecule has 16 heavy (non-hydrogen) atoms. The average molecular weight is 251 g/mol. The Morgan fingerprint density at radius 3 is 2.62 bits per heavy atom. The maximum atomic E-state index is 10.0. The van der Waals surface area contributed by atoms with Gasteiger partial charge in [0.05, 0.1) is 6.54 Å². The molecule has 1 N–H and O–H groups in total. The number of hydrogen-bond acceptors (Lipinski definition) is 2. The van der Waals surface area contributed by atoms with Gasteiger partial charge in [0.25, 0.3) is 0 Å². The largest absolute Gasteiger partial charge is 0.343 e. The molecule has 1 aromatic heterocycles. The first-order chi connectivity index (χ1) is 7.79. The van der Waals surface area contributed by atoms with E-state index in [1.807, 2.05) is 36.4 Å². The van der Waals surface area contributed by atoms with Crippen molar-refractivity contribution in [3.63, 3.8) is 0 Å². The molecule has 2 nitrogen and oxygen atoms in total. The van der Waals surface area contributed by atoms with Gasteiger partial charge in [0.1, 0.15) is 0 Å². The number of carbonyl (C=O) groups excluding carboxylic acids is 1. The zero-order valence-corrected chi connectivity index (χ0v) is 9.94. The lowest BCUT2D eigenvalue weighted by Gasteiger charge is -1.97. The number of thiophene rings is 1. The zero-order valence-electron chi connectivity index (χ0n) is 8.37. The first-order valence-electron chi connectivity index (χ1n) is 4.74. The van der Waals surface area contributed by atoms with Crippen LogP contribution in [-0.4, -0.2) is 6.41 Å². The standard InChI is InChI=1S/C12H9ClNOS/c13-10-3-1-9(2-4-10)12-6-5-11(16-12)7-14-8-15/h1-6H,7H2,(H,14,15). The van der Waals surface area contributed by atoms with E-state index in [0.29, 0.717) is 6.54 Å². The molecule has 2 rings (SSSR count). The lowest BCUT2D eigenvalue weighted by molar-refractivity contribution is 0.542. The second kappa shape index (κ2) is 5.14. The molecule has 0 saturated carbocycles. The van der Waals surface area contributed by atoms with Crippen LogP contribution in [0.2, 0.25) is 5.02 Å². The predicted octanol–water partition coefficient (Wildman–Crippen LogP) is 3.23. The van der Waals surface area contributed by atoms with Gasteiger partial charge in [-0.3, -0.25) is 4.79 Å². The normalized spacial score (nSPS) is 10.1. The summed E-state index contributed by atoms with van der Waals surface area (Å²) < 4.78 is 0. The third-order valence-electron chi connectivity index (χ3n) is 2.13. The SMILES string of the molecule is O=[C]NCc1ccc(-c2ccc(Cl)cc2)s1. The molecule has 1 heterocycles. The number of rotatable bonds is 4. The van der Waals surface area contributed by atoms with E-state index in [9.17, 15) is 4.79 Å². The van der Waals surface area contributed by atoms with Crippen molar-refractivity contribution in [2.75, 3.05) is 0 Å². The fourth-order valence-electron chi connectivity index (χ4n) is 1.37. The van der Waals surface area contributed by atoms with Crippen LogP contribution in [0.3, 0.4) is 0 Å². The molecular formula is C12H9ClNOS. The molecule has 0 saturated heterocycles. The second-order valence-electron chi connectivity index (χ2n) is 3.23. The summed E-state index contributed by atoms with van der Waals surface area (Å²) in [4.78, 5) is 12.3. The summed E-state index contributed by atoms with van der Waals surface area (Å²) in [6.45, 7) is 0.530. The molecule has 1 radical (unpaired) electrons. The van der Waals surface area contributed by atoms with Crippen molar-refractivity contribution in [3.05, 3.63) is 46.3 Å². The van der Waals surface area contributed by atoms with E-state index in [1.165, 1.54) is 4.88 Å². The fraction of sp³-hybridized carbons (Fsp3) is 0.0833. The minimum atomic E-state index is 0.530. The van der Waals surface area contributed by atoms with Gasteiger partial charge in [-0.05, 0) is 29.8 Å². The molecule has 0 aliphatic carbocycles. The summed E-state index contributed by atoms with van der Waals surface area (Å²) in [6.07, 6.45) is 1.66. The highest BCUT2D eigenvalue weighted by Crippen LogP contribution is 2.28. The van der Waals surface area contributed by atoms with Crippen molar-refractivity contribution in [2.24, 2.45) is 0 Å². The van der Waals surface area contributed by atoms with E-state index in [1.54, 1.807) is 17.7 Å². The van der Waals surface area contributed by atoms with Gasteiger partial charge in [-0.15, -0.1) is 11.3 Å². The first kappa shape index (κ1) is 11.2. The van der Waals surface area contributed by atoms with Crippen molar-refractivity contribution in [1.82, 2.24) is 5.32 Å². The molecule has 0 bridgehead atoms. The molecule has 0 aliphatic rings. The summed E-state index contributed by atoms with van der Waals surface area (Å²) >= 11 is 7.47. The average Bonchev–Trinajstić information content (AvgIpc) is 2.76. The predicted molar refractivity (Wildman–Crippen MR) is 67.3 cm³/mol. The van der Waals surface area contributed by atoms with Gasteiger partial charge in [0, 0.05) is 14.8 Å². The van der Waals surface area contributed by atoms with Crippen LogP contribution in [0.15, 0.2) is 36.4 Å². The molecule has 0 unspecified atom stereocenters. The van der Waals surface area contributed by atoms with Gasteiger partial charge in [-0.2, -0.15) is 0 Å². The molecular weight excluding hydrogens is 242 g/mol. The molecule has 4 heteroatoms. The van der Waals surface area contributed by atoms with Crippen LogP contribution in [0.5, 0.6) is 0 Å². The number of amides is 1. The number of hydrogen-bond donors (Lipinski definition) is 1. The number of halogens is 1. The molecule has 1 aromatic carbocycles. The summed E-state index contributed by atoms with van der Waals surface area (Å²) in [5, 5.41) is 3.26. The van der Waals surface area contributed by atoms with Crippen LogP contribution in [0.1, 0.15) is 4.88 Å². The Bertz CT molecular complexity index is 478. The van der Waals surface area contributed by atoms with Crippen molar-refractivity contribution < 1.29 is 4.79 Å². The molecule has 0 aliphatic heterocycles. The minimum absolute atomic E-state index is 0.530. The van der Waals surface area contributed by atoms with Crippen LogP contribution < -0.4 is 5.32 Å². The van der Waals surface area contributed by atoms with Crippen LogP contribution in [-0.2, 0) is 11.3 Å². The van der Waals surface area contributed by atoms with E-state index >= 15 is 0 Å². The van der Waals surface area contributed by atoms with Gasteiger partial charge in [0.15, 0.2) is 0 Å². The Morgan fingerprint density at radius 2 is 1.94 bits per heavy atom. The van der Waals surface area contributed by atoms with E-state index < -0.39 is 0 Å². The van der Waals surface area contributed by atoms with Crippen LogP contribution in [0, 0.1) is 0 Å². The van der Waals surface area contributed by atoms with Crippen LogP contribution >= 0.6 is 22.9 Å². The fourth-order valence-corrected chi connectivity index (χ4v) is 2.44. The van der Waals surface area contributed by atoms with Gasteiger partial charge >= 0.3 is 6.41 Å². The highest BCUT2D eigenvalue weighted by atomic mass is 35.5. The summed E-state index contributed by atoms with van der Waals surface area (Å²) in [5.41, 5.74) is 1.13. The third-order valence-corrected chi connectivity index (χ3v) is 3.51. The summed E-state index contributed by atoms with van der Waals surface area (Å²) in [7, 11) is 0. The quantitative estimate of drug-likeness (QED) is 0.830. The third kappa shape index (κ3) is 2.62. The Hall–Kier alpha value is -1.32. The smallest absolute Gasteiger partial charge is 0.309 e. The monoisotopic (exact) mass is 250 g/mol. The van der Waals surface area contributed by atoms with Crippen molar-refractivity contribution >= 4 is 29.3 Å².